The lowest BCUT2D eigenvalue weighted by Gasteiger charge is -2.33. The summed E-state index contributed by atoms with van der Waals surface area (Å²) in [5.41, 5.74) is 5.69. The van der Waals surface area contributed by atoms with Gasteiger partial charge in [-0.05, 0) is 38.8 Å². The van der Waals surface area contributed by atoms with Crippen molar-refractivity contribution < 1.29 is 4.74 Å². The van der Waals surface area contributed by atoms with E-state index < -0.39 is 0 Å². The second-order valence-corrected chi connectivity index (χ2v) is 4.63. The lowest BCUT2D eigenvalue weighted by atomic mass is 9.90. The van der Waals surface area contributed by atoms with E-state index in [1.165, 1.54) is 32.4 Å². The van der Waals surface area contributed by atoms with Crippen LogP contribution in [0.1, 0.15) is 32.1 Å². The highest BCUT2D eigenvalue weighted by molar-refractivity contribution is 4.82. The molecule has 1 heterocycles. The Morgan fingerprint density at radius 1 is 1.14 bits per heavy atom. The smallest absolute Gasteiger partial charge is 0.0605 e. The monoisotopic (exact) mass is 198 g/mol. The fourth-order valence-corrected chi connectivity index (χ4v) is 2.27. The number of piperidine rings is 1. The van der Waals surface area contributed by atoms with E-state index >= 15 is 0 Å². The zero-order valence-electron chi connectivity index (χ0n) is 8.95. The van der Waals surface area contributed by atoms with Crippen LogP contribution >= 0.6 is 0 Å². The predicted octanol–water partition coefficient (Wildman–Crippen LogP) is 0.979. The van der Waals surface area contributed by atoms with E-state index in [-0.39, 0.29) is 0 Å². The lowest BCUT2D eigenvalue weighted by molar-refractivity contribution is -0.0183. The van der Waals surface area contributed by atoms with Crippen molar-refractivity contribution >= 4 is 0 Å². The van der Waals surface area contributed by atoms with Crippen molar-refractivity contribution in [3.8, 4) is 0 Å². The minimum atomic E-state index is 0.412. The van der Waals surface area contributed by atoms with E-state index in [1.807, 2.05) is 0 Å². The molecule has 82 valence electrons. The summed E-state index contributed by atoms with van der Waals surface area (Å²) < 4.78 is 5.73. The summed E-state index contributed by atoms with van der Waals surface area (Å²) in [5, 5.41) is 0. The third kappa shape index (κ3) is 2.94. The van der Waals surface area contributed by atoms with Crippen molar-refractivity contribution in [1.29, 1.82) is 0 Å². The fourth-order valence-electron chi connectivity index (χ4n) is 2.27. The molecule has 0 spiro atoms. The van der Waals surface area contributed by atoms with Crippen LogP contribution in [0.25, 0.3) is 0 Å². The number of nitrogens with two attached hydrogens (primary N) is 1. The molecular formula is C11H22N2O. The van der Waals surface area contributed by atoms with E-state index in [0.717, 1.165) is 26.0 Å². The summed E-state index contributed by atoms with van der Waals surface area (Å²) in [6.45, 7) is 4.56. The van der Waals surface area contributed by atoms with Crippen molar-refractivity contribution in [3.05, 3.63) is 0 Å². The van der Waals surface area contributed by atoms with Gasteiger partial charge in [-0.3, -0.25) is 0 Å². The largest absolute Gasteiger partial charge is 0.377 e. The summed E-state index contributed by atoms with van der Waals surface area (Å²) in [4.78, 5) is 2.52. The van der Waals surface area contributed by atoms with Crippen molar-refractivity contribution in [2.75, 3.05) is 26.2 Å². The zero-order valence-corrected chi connectivity index (χ0v) is 8.95. The molecule has 0 unspecified atom stereocenters. The first-order valence-electron chi connectivity index (χ1n) is 5.94. The molecule has 0 aromatic rings. The van der Waals surface area contributed by atoms with Gasteiger partial charge in [-0.15, -0.1) is 0 Å². The van der Waals surface area contributed by atoms with Crippen LogP contribution in [-0.4, -0.2) is 43.3 Å². The Bertz CT molecular complexity index is 163. The minimum absolute atomic E-state index is 0.412. The fraction of sp³-hybridized carbons (Fsp3) is 1.00. The molecule has 0 bridgehead atoms. The molecule has 1 aliphatic heterocycles. The Morgan fingerprint density at radius 2 is 1.86 bits per heavy atom. The first-order valence-corrected chi connectivity index (χ1v) is 5.94. The standard InChI is InChI=1S/C11H22N2O/c12-10-8-11(9-10)14-7-6-13-4-2-1-3-5-13/h10-11H,1-9,12H2. The number of hydrogen-bond donors (Lipinski definition) is 1. The number of rotatable bonds is 4. The quantitative estimate of drug-likeness (QED) is 0.732. The summed E-state index contributed by atoms with van der Waals surface area (Å²) in [5.74, 6) is 0. The molecule has 2 rings (SSSR count). The summed E-state index contributed by atoms with van der Waals surface area (Å²) >= 11 is 0. The molecule has 2 aliphatic rings. The molecule has 0 radical (unpaired) electrons. The topological polar surface area (TPSA) is 38.5 Å². The third-order valence-electron chi connectivity index (χ3n) is 3.34. The maximum absolute atomic E-state index is 5.73. The Labute approximate surface area is 86.6 Å². The summed E-state index contributed by atoms with van der Waals surface area (Å²) in [6.07, 6.45) is 6.76. The van der Waals surface area contributed by atoms with Crippen molar-refractivity contribution in [3.63, 3.8) is 0 Å². The molecule has 1 saturated heterocycles. The maximum Gasteiger partial charge on any atom is 0.0605 e. The average molecular weight is 198 g/mol. The second kappa shape index (κ2) is 5.10. The van der Waals surface area contributed by atoms with Gasteiger partial charge >= 0.3 is 0 Å². The Balaban J connectivity index is 1.50. The first kappa shape index (κ1) is 10.4. The van der Waals surface area contributed by atoms with Gasteiger partial charge in [0.2, 0.25) is 0 Å². The van der Waals surface area contributed by atoms with Crippen molar-refractivity contribution in [1.82, 2.24) is 4.90 Å². The number of likely N-dealkylation sites (tertiary alicyclic amines) is 1. The van der Waals surface area contributed by atoms with E-state index in [1.54, 1.807) is 0 Å². The van der Waals surface area contributed by atoms with Crippen LogP contribution in [0, 0.1) is 0 Å². The third-order valence-corrected chi connectivity index (χ3v) is 3.34. The van der Waals surface area contributed by atoms with Gasteiger partial charge in [0.25, 0.3) is 0 Å². The van der Waals surface area contributed by atoms with Gasteiger partial charge in [0.15, 0.2) is 0 Å². The molecule has 0 aromatic heterocycles. The highest BCUT2D eigenvalue weighted by atomic mass is 16.5. The molecule has 1 aliphatic carbocycles. The van der Waals surface area contributed by atoms with Gasteiger partial charge in [-0.1, -0.05) is 6.42 Å². The minimum Gasteiger partial charge on any atom is -0.377 e. The molecule has 14 heavy (non-hydrogen) atoms. The molecule has 3 nitrogen and oxygen atoms in total. The molecule has 0 atom stereocenters. The normalized spacial score (nSPS) is 34.1. The number of nitrogens with zero attached hydrogens (tertiary/aromatic N) is 1. The van der Waals surface area contributed by atoms with Gasteiger partial charge in [0, 0.05) is 12.6 Å². The van der Waals surface area contributed by atoms with Gasteiger partial charge in [-0.25, -0.2) is 0 Å². The molecular weight excluding hydrogens is 176 g/mol. The average Bonchev–Trinajstić information content (AvgIpc) is 2.17. The van der Waals surface area contributed by atoms with E-state index in [2.05, 4.69) is 4.90 Å². The molecule has 2 N–H and O–H groups in total. The summed E-state index contributed by atoms with van der Waals surface area (Å²) in [7, 11) is 0. The number of ether oxygens (including phenoxy) is 1. The van der Waals surface area contributed by atoms with E-state index in [0.29, 0.717) is 12.1 Å². The Morgan fingerprint density at radius 3 is 2.50 bits per heavy atom. The van der Waals surface area contributed by atoms with Crippen LogP contribution in [0.4, 0.5) is 0 Å². The number of hydrogen-bond acceptors (Lipinski definition) is 3. The molecule has 0 aromatic carbocycles. The molecule has 1 saturated carbocycles. The van der Waals surface area contributed by atoms with Crippen LogP contribution < -0.4 is 5.73 Å². The van der Waals surface area contributed by atoms with Gasteiger partial charge < -0.3 is 15.4 Å². The molecule has 3 heteroatoms. The Hall–Kier alpha value is -0.120. The summed E-state index contributed by atoms with van der Waals surface area (Å²) in [6, 6.07) is 0.412. The van der Waals surface area contributed by atoms with Crippen molar-refractivity contribution in [2.24, 2.45) is 5.73 Å². The zero-order chi connectivity index (χ0) is 9.80. The van der Waals surface area contributed by atoms with Gasteiger partial charge in [-0.2, -0.15) is 0 Å². The van der Waals surface area contributed by atoms with Gasteiger partial charge in [0.1, 0.15) is 0 Å². The lowest BCUT2D eigenvalue weighted by Crippen LogP contribution is -2.43. The van der Waals surface area contributed by atoms with Crippen LogP contribution in [0.2, 0.25) is 0 Å². The maximum atomic E-state index is 5.73. The highest BCUT2D eigenvalue weighted by Crippen LogP contribution is 2.21. The predicted molar refractivity (Wildman–Crippen MR) is 57.2 cm³/mol. The van der Waals surface area contributed by atoms with Crippen LogP contribution in [-0.2, 0) is 4.74 Å². The van der Waals surface area contributed by atoms with E-state index in [4.69, 9.17) is 10.5 Å². The van der Waals surface area contributed by atoms with E-state index in [9.17, 15) is 0 Å². The van der Waals surface area contributed by atoms with Crippen LogP contribution in [0.5, 0.6) is 0 Å². The SMILES string of the molecule is NC1CC(OCCN2CCCCC2)C1. The van der Waals surface area contributed by atoms with Gasteiger partial charge in [0.05, 0.1) is 12.7 Å². The molecule has 2 fully saturated rings. The van der Waals surface area contributed by atoms with Crippen LogP contribution in [0.3, 0.4) is 0 Å². The molecule has 0 amide bonds. The second-order valence-electron chi connectivity index (χ2n) is 4.63. The van der Waals surface area contributed by atoms with Crippen molar-refractivity contribution in [2.45, 2.75) is 44.2 Å². The van der Waals surface area contributed by atoms with Crippen LogP contribution in [0.15, 0.2) is 0 Å². The Kier molecular flexibility index (Phi) is 3.79. The highest BCUT2D eigenvalue weighted by Gasteiger charge is 2.26. The first-order chi connectivity index (χ1) is 6.84.